The van der Waals surface area contributed by atoms with E-state index >= 15 is 0 Å². The number of nitrogens with zero attached hydrogens (tertiary/aromatic N) is 1. The molecule has 0 spiro atoms. The Morgan fingerprint density at radius 2 is 1.88 bits per heavy atom. The molecule has 1 aromatic rings. The second kappa shape index (κ2) is 5.83. The van der Waals surface area contributed by atoms with Crippen molar-refractivity contribution in [3.8, 4) is 0 Å². The van der Waals surface area contributed by atoms with Gasteiger partial charge in [0, 0.05) is 22.7 Å². The molecular weight excluding hydrogens is 321 g/mol. The molecule has 0 heterocycles. The molecule has 1 rings (SSSR count). The summed E-state index contributed by atoms with van der Waals surface area (Å²) in [7, 11) is 1.60. The van der Waals surface area contributed by atoms with Crippen LogP contribution in [0, 0.1) is 3.57 Å². The Kier molecular flexibility index (Phi) is 4.72. The van der Waals surface area contributed by atoms with Crippen molar-refractivity contribution >= 4 is 34.5 Å². The molecule has 0 fully saturated rings. The third-order valence-electron chi connectivity index (χ3n) is 2.10. The molecule has 1 amide bonds. The van der Waals surface area contributed by atoms with E-state index in [0.717, 1.165) is 3.57 Å². The van der Waals surface area contributed by atoms with Crippen LogP contribution in [-0.2, 0) is 4.79 Å². The van der Waals surface area contributed by atoms with Crippen molar-refractivity contribution in [3.63, 3.8) is 0 Å². The van der Waals surface area contributed by atoms with E-state index in [1.54, 1.807) is 19.2 Å². The highest BCUT2D eigenvalue weighted by atomic mass is 127. The van der Waals surface area contributed by atoms with Crippen LogP contribution in [0.15, 0.2) is 24.3 Å². The summed E-state index contributed by atoms with van der Waals surface area (Å²) in [6, 6.07) is 7.17. The van der Waals surface area contributed by atoms with E-state index in [4.69, 9.17) is 5.11 Å². The molecule has 16 heavy (non-hydrogen) atoms. The van der Waals surface area contributed by atoms with Crippen LogP contribution in [-0.4, -0.2) is 35.5 Å². The summed E-state index contributed by atoms with van der Waals surface area (Å²) in [5.74, 6) is -1.06. The Labute approximate surface area is 107 Å². The number of carbonyl (C=O) groups excluding carboxylic acids is 1. The molecule has 1 aromatic carbocycles. The molecule has 0 aromatic heterocycles. The number of halogens is 1. The number of carboxylic acid groups (broad SMARTS) is 1. The first-order chi connectivity index (χ1) is 7.50. The maximum atomic E-state index is 11.8. The normalized spacial score (nSPS) is 9.88. The summed E-state index contributed by atoms with van der Waals surface area (Å²) >= 11 is 2.16. The topological polar surface area (TPSA) is 57.6 Å². The van der Waals surface area contributed by atoms with Gasteiger partial charge in [0.15, 0.2) is 0 Å². The Hall–Kier alpha value is -1.11. The third kappa shape index (κ3) is 3.80. The fourth-order valence-electron chi connectivity index (χ4n) is 1.18. The summed E-state index contributed by atoms with van der Waals surface area (Å²) in [5.41, 5.74) is 0.577. The van der Waals surface area contributed by atoms with Crippen LogP contribution >= 0.6 is 22.6 Å². The van der Waals surface area contributed by atoms with E-state index in [1.165, 1.54) is 4.90 Å². The highest BCUT2D eigenvalue weighted by Crippen LogP contribution is 2.08. The minimum Gasteiger partial charge on any atom is -0.481 e. The maximum absolute atomic E-state index is 11.8. The van der Waals surface area contributed by atoms with Gasteiger partial charge in [0.05, 0.1) is 6.42 Å². The van der Waals surface area contributed by atoms with Gasteiger partial charge >= 0.3 is 5.97 Å². The molecule has 1 N–H and O–H groups in total. The summed E-state index contributed by atoms with van der Waals surface area (Å²) < 4.78 is 1.06. The Morgan fingerprint density at radius 1 is 1.31 bits per heavy atom. The second-order valence-electron chi connectivity index (χ2n) is 3.38. The number of hydrogen-bond acceptors (Lipinski definition) is 2. The van der Waals surface area contributed by atoms with Crippen molar-refractivity contribution < 1.29 is 14.7 Å². The third-order valence-corrected chi connectivity index (χ3v) is 2.82. The average molecular weight is 333 g/mol. The van der Waals surface area contributed by atoms with Gasteiger partial charge in [0.25, 0.3) is 5.91 Å². The van der Waals surface area contributed by atoms with Gasteiger partial charge in [0.2, 0.25) is 0 Å². The van der Waals surface area contributed by atoms with E-state index in [-0.39, 0.29) is 18.9 Å². The summed E-state index contributed by atoms with van der Waals surface area (Å²) in [4.78, 5) is 23.6. The van der Waals surface area contributed by atoms with Crippen LogP contribution < -0.4 is 0 Å². The number of hydrogen-bond donors (Lipinski definition) is 1. The van der Waals surface area contributed by atoms with Gasteiger partial charge in [-0.15, -0.1) is 0 Å². The molecule has 5 heteroatoms. The first-order valence-electron chi connectivity index (χ1n) is 4.73. The lowest BCUT2D eigenvalue weighted by atomic mass is 10.2. The first-order valence-corrected chi connectivity index (χ1v) is 5.81. The van der Waals surface area contributed by atoms with E-state index in [1.807, 2.05) is 12.1 Å². The lowest BCUT2D eigenvalue weighted by Gasteiger charge is -2.15. The van der Waals surface area contributed by atoms with Gasteiger partial charge < -0.3 is 10.0 Å². The van der Waals surface area contributed by atoms with Crippen LogP contribution in [0.3, 0.4) is 0 Å². The van der Waals surface area contributed by atoms with Crippen molar-refractivity contribution in [3.05, 3.63) is 33.4 Å². The standard InChI is InChI=1S/C11H12INO3/c1-13(7-6-10(14)15)11(16)8-2-4-9(12)5-3-8/h2-5H,6-7H2,1H3,(H,14,15). The number of amides is 1. The predicted octanol–water partition coefficient (Wildman–Crippen LogP) is 1.84. The van der Waals surface area contributed by atoms with Gasteiger partial charge in [-0.05, 0) is 46.9 Å². The van der Waals surface area contributed by atoms with Gasteiger partial charge in [0.1, 0.15) is 0 Å². The van der Waals surface area contributed by atoms with Crippen molar-refractivity contribution in [2.75, 3.05) is 13.6 Å². The minimum atomic E-state index is -0.901. The van der Waals surface area contributed by atoms with Crippen LogP contribution in [0.4, 0.5) is 0 Å². The minimum absolute atomic E-state index is 0.0351. The highest BCUT2D eigenvalue weighted by molar-refractivity contribution is 14.1. The Bertz CT molecular complexity index is 389. The predicted molar refractivity (Wildman–Crippen MR) is 68.4 cm³/mol. The molecule has 86 valence electrons. The Balaban J connectivity index is 2.63. The molecule has 0 aliphatic rings. The second-order valence-corrected chi connectivity index (χ2v) is 4.62. The molecule has 4 nitrogen and oxygen atoms in total. The summed E-state index contributed by atoms with van der Waals surface area (Å²) in [5, 5.41) is 8.51. The highest BCUT2D eigenvalue weighted by Gasteiger charge is 2.12. The number of carbonyl (C=O) groups is 2. The fourth-order valence-corrected chi connectivity index (χ4v) is 1.54. The summed E-state index contributed by atoms with van der Waals surface area (Å²) in [6.45, 7) is 0.222. The zero-order valence-corrected chi connectivity index (χ0v) is 11.0. The lowest BCUT2D eigenvalue weighted by molar-refractivity contribution is -0.137. The first kappa shape index (κ1) is 13.0. The largest absolute Gasteiger partial charge is 0.481 e. The number of aliphatic carboxylic acids is 1. The Morgan fingerprint density at radius 3 is 2.38 bits per heavy atom. The smallest absolute Gasteiger partial charge is 0.305 e. The molecule has 0 saturated carbocycles. The molecular formula is C11H12INO3. The van der Waals surface area contributed by atoms with Crippen molar-refractivity contribution in [2.45, 2.75) is 6.42 Å². The monoisotopic (exact) mass is 333 g/mol. The number of benzene rings is 1. The van der Waals surface area contributed by atoms with Gasteiger partial charge in [-0.2, -0.15) is 0 Å². The summed E-state index contributed by atoms with van der Waals surface area (Å²) in [6.07, 6.45) is -0.0351. The SMILES string of the molecule is CN(CCC(=O)O)C(=O)c1ccc(I)cc1. The van der Waals surface area contributed by atoms with Crippen LogP contribution in [0.25, 0.3) is 0 Å². The van der Waals surface area contributed by atoms with E-state index in [0.29, 0.717) is 5.56 Å². The zero-order valence-electron chi connectivity index (χ0n) is 8.81. The lowest BCUT2D eigenvalue weighted by Crippen LogP contribution is -2.28. The van der Waals surface area contributed by atoms with Gasteiger partial charge in [-0.25, -0.2) is 0 Å². The van der Waals surface area contributed by atoms with Crippen LogP contribution in [0.1, 0.15) is 16.8 Å². The maximum Gasteiger partial charge on any atom is 0.305 e. The molecule has 0 bridgehead atoms. The number of rotatable bonds is 4. The van der Waals surface area contributed by atoms with Gasteiger partial charge in [-0.1, -0.05) is 0 Å². The van der Waals surface area contributed by atoms with Crippen molar-refractivity contribution in [1.82, 2.24) is 4.90 Å². The van der Waals surface area contributed by atoms with Gasteiger partial charge in [-0.3, -0.25) is 9.59 Å². The van der Waals surface area contributed by atoms with E-state index in [9.17, 15) is 9.59 Å². The van der Waals surface area contributed by atoms with Crippen LogP contribution in [0.2, 0.25) is 0 Å². The fraction of sp³-hybridized carbons (Fsp3) is 0.273. The molecule has 0 saturated heterocycles. The van der Waals surface area contributed by atoms with E-state index < -0.39 is 5.97 Å². The molecule has 0 radical (unpaired) electrons. The van der Waals surface area contributed by atoms with Crippen molar-refractivity contribution in [2.24, 2.45) is 0 Å². The molecule has 0 unspecified atom stereocenters. The van der Waals surface area contributed by atoms with Crippen LogP contribution in [0.5, 0.6) is 0 Å². The quantitative estimate of drug-likeness (QED) is 0.856. The number of carboxylic acids is 1. The zero-order chi connectivity index (χ0) is 12.1. The molecule has 0 atom stereocenters. The molecule has 0 aliphatic heterocycles. The molecule has 0 aliphatic carbocycles. The van der Waals surface area contributed by atoms with E-state index in [2.05, 4.69) is 22.6 Å². The average Bonchev–Trinajstić information content (AvgIpc) is 2.26. The van der Waals surface area contributed by atoms with Crippen molar-refractivity contribution in [1.29, 1.82) is 0 Å².